The fourth-order valence-electron chi connectivity index (χ4n) is 2.70. The number of aromatic nitrogens is 2. The van der Waals surface area contributed by atoms with Crippen LogP contribution in [0.1, 0.15) is 15.9 Å². The second-order valence-corrected chi connectivity index (χ2v) is 5.82. The van der Waals surface area contributed by atoms with Crippen LogP contribution in [0.5, 0.6) is 11.5 Å². The van der Waals surface area contributed by atoms with E-state index in [2.05, 4.69) is 15.5 Å². The van der Waals surface area contributed by atoms with Gasteiger partial charge in [-0.3, -0.25) is 20.0 Å². The molecule has 0 atom stereocenters. The molecule has 28 heavy (non-hydrogen) atoms. The summed E-state index contributed by atoms with van der Waals surface area (Å²) in [6, 6.07) is 11.2. The Kier molecular flexibility index (Phi) is 5.54. The number of H-pyrrole nitrogens is 1. The highest BCUT2D eigenvalue weighted by Gasteiger charge is 2.17. The van der Waals surface area contributed by atoms with Crippen LogP contribution in [0.3, 0.4) is 0 Å². The first kappa shape index (κ1) is 18.9. The smallest absolute Gasteiger partial charge is 0.269 e. The molecule has 9 nitrogen and oxygen atoms in total. The Morgan fingerprint density at radius 2 is 1.93 bits per heavy atom. The lowest BCUT2D eigenvalue weighted by Gasteiger charge is -2.11. The van der Waals surface area contributed by atoms with Gasteiger partial charge in [-0.05, 0) is 24.3 Å². The van der Waals surface area contributed by atoms with Gasteiger partial charge in [-0.25, -0.2) is 0 Å². The van der Waals surface area contributed by atoms with Gasteiger partial charge in [-0.15, -0.1) is 0 Å². The molecule has 0 aliphatic heterocycles. The molecule has 0 radical (unpaired) electrons. The number of hydrogen-bond acceptors (Lipinski definition) is 6. The first-order chi connectivity index (χ1) is 13.5. The number of nitro groups is 1. The van der Waals surface area contributed by atoms with Crippen molar-refractivity contribution in [2.45, 2.75) is 6.54 Å². The molecule has 0 aliphatic rings. The number of nitro benzene ring substituents is 1. The predicted octanol–water partition coefficient (Wildman–Crippen LogP) is 2.93. The Bertz CT molecular complexity index is 998. The van der Waals surface area contributed by atoms with Crippen molar-refractivity contribution in [3.63, 3.8) is 0 Å². The van der Waals surface area contributed by atoms with Crippen LogP contribution in [0.15, 0.2) is 48.7 Å². The lowest BCUT2D eigenvalue weighted by Crippen LogP contribution is -2.23. The number of nitrogens with one attached hydrogen (secondary N) is 2. The van der Waals surface area contributed by atoms with Crippen molar-refractivity contribution >= 4 is 11.6 Å². The van der Waals surface area contributed by atoms with E-state index in [1.165, 1.54) is 18.3 Å². The molecule has 2 aromatic carbocycles. The van der Waals surface area contributed by atoms with Crippen molar-refractivity contribution in [1.29, 1.82) is 0 Å². The van der Waals surface area contributed by atoms with E-state index in [1.807, 2.05) is 6.07 Å². The molecule has 0 aliphatic carbocycles. The number of ether oxygens (including phenoxy) is 2. The molecule has 0 bridgehead atoms. The monoisotopic (exact) mass is 382 g/mol. The predicted molar refractivity (Wildman–Crippen MR) is 101 cm³/mol. The van der Waals surface area contributed by atoms with E-state index in [0.29, 0.717) is 28.3 Å². The summed E-state index contributed by atoms with van der Waals surface area (Å²) in [6.07, 6.45) is 1.41. The van der Waals surface area contributed by atoms with Gasteiger partial charge in [0.25, 0.3) is 11.6 Å². The highest BCUT2D eigenvalue weighted by atomic mass is 16.6. The topological polar surface area (TPSA) is 119 Å². The van der Waals surface area contributed by atoms with Crippen LogP contribution >= 0.6 is 0 Å². The highest BCUT2D eigenvalue weighted by Crippen LogP contribution is 2.26. The number of carbonyl (C=O) groups excluding carboxylic acids is 1. The van der Waals surface area contributed by atoms with Crippen LogP contribution in [0.2, 0.25) is 0 Å². The molecule has 1 heterocycles. The molecule has 3 rings (SSSR count). The molecule has 0 saturated heterocycles. The van der Waals surface area contributed by atoms with Gasteiger partial charge in [0.1, 0.15) is 11.5 Å². The van der Waals surface area contributed by atoms with E-state index in [1.54, 1.807) is 38.5 Å². The zero-order valence-electron chi connectivity index (χ0n) is 15.3. The van der Waals surface area contributed by atoms with Crippen molar-refractivity contribution in [1.82, 2.24) is 15.5 Å². The van der Waals surface area contributed by atoms with Gasteiger partial charge < -0.3 is 14.8 Å². The first-order valence-electron chi connectivity index (χ1n) is 8.30. The number of carbonyl (C=O) groups is 1. The van der Waals surface area contributed by atoms with Crippen LogP contribution in [0.25, 0.3) is 11.3 Å². The molecule has 1 aromatic heterocycles. The van der Waals surface area contributed by atoms with Gasteiger partial charge in [0.15, 0.2) is 0 Å². The molecule has 0 saturated carbocycles. The second kappa shape index (κ2) is 8.21. The van der Waals surface area contributed by atoms with E-state index < -0.39 is 4.92 Å². The number of methoxy groups -OCH3 is 2. The molecular weight excluding hydrogens is 364 g/mol. The quantitative estimate of drug-likeness (QED) is 0.479. The van der Waals surface area contributed by atoms with Gasteiger partial charge in [-0.2, -0.15) is 5.10 Å². The zero-order chi connectivity index (χ0) is 20.1. The van der Waals surface area contributed by atoms with E-state index in [9.17, 15) is 14.9 Å². The summed E-state index contributed by atoms with van der Waals surface area (Å²) in [5.41, 5.74) is 2.20. The SMILES string of the molecule is COc1ccc(CNC(=O)c2cn[nH]c2-c2ccc([N+](=O)[O-])cc2)c(OC)c1. The Hall–Kier alpha value is -3.88. The van der Waals surface area contributed by atoms with Crippen LogP contribution in [-0.2, 0) is 6.54 Å². The van der Waals surface area contributed by atoms with Crippen molar-refractivity contribution < 1.29 is 19.2 Å². The van der Waals surface area contributed by atoms with Gasteiger partial charge in [-0.1, -0.05) is 0 Å². The number of rotatable bonds is 7. The third-order valence-electron chi connectivity index (χ3n) is 4.18. The summed E-state index contributed by atoms with van der Waals surface area (Å²) < 4.78 is 10.5. The van der Waals surface area contributed by atoms with Crippen molar-refractivity contribution in [3.05, 3.63) is 69.9 Å². The average molecular weight is 382 g/mol. The summed E-state index contributed by atoms with van der Waals surface area (Å²) in [6.45, 7) is 0.247. The Labute approximate surface area is 160 Å². The Morgan fingerprint density at radius 1 is 1.18 bits per heavy atom. The van der Waals surface area contributed by atoms with Crippen LogP contribution < -0.4 is 14.8 Å². The molecule has 2 N–H and O–H groups in total. The van der Waals surface area contributed by atoms with Gasteiger partial charge in [0, 0.05) is 35.9 Å². The van der Waals surface area contributed by atoms with Gasteiger partial charge >= 0.3 is 0 Å². The van der Waals surface area contributed by atoms with Crippen LogP contribution in [0, 0.1) is 10.1 Å². The maximum Gasteiger partial charge on any atom is 0.269 e. The minimum Gasteiger partial charge on any atom is -0.497 e. The van der Waals surface area contributed by atoms with E-state index >= 15 is 0 Å². The minimum atomic E-state index is -0.480. The lowest BCUT2D eigenvalue weighted by molar-refractivity contribution is -0.384. The Balaban J connectivity index is 1.76. The maximum absolute atomic E-state index is 12.6. The lowest BCUT2D eigenvalue weighted by atomic mass is 10.1. The molecule has 9 heteroatoms. The zero-order valence-corrected chi connectivity index (χ0v) is 15.3. The summed E-state index contributed by atoms with van der Waals surface area (Å²) in [7, 11) is 3.11. The molecule has 144 valence electrons. The fraction of sp³-hybridized carbons (Fsp3) is 0.158. The number of hydrogen-bond donors (Lipinski definition) is 2. The number of amides is 1. The molecule has 1 amide bonds. The standard InChI is InChI=1S/C19H18N4O5/c1-27-15-8-5-13(17(9-15)28-2)10-20-19(24)16-11-21-22-18(16)12-3-6-14(7-4-12)23(25)26/h3-9,11H,10H2,1-2H3,(H,20,24)(H,21,22). The van der Waals surface area contributed by atoms with E-state index in [-0.39, 0.29) is 18.1 Å². The van der Waals surface area contributed by atoms with E-state index in [4.69, 9.17) is 9.47 Å². The molecule has 0 unspecified atom stereocenters. The van der Waals surface area contributed by atoms with Crippen molar-refractivity contribution in [2.75, 3.05) is 14.2 Å². The van der Waals surface area contributed by atoms with Crippen molar-refractivity contribution in [3.8, 4) is 22.8 Å². The fourth-order valence-corrected chi connectivity index (χ4v) is 2.70. The van der Waals surface area contributed by atoms with Gasteiger partial charge in [0.05, 0.1) is 36.6 Å². The largest absolute Gasteiger partial charge is 0.497 e. The third-order valence-corrected chi connectivity index (χ3v) is 4.18. The van der Waals surface area contributed by atoms with Crippen LogP contribution in [-0.4, -0.2) is 35.2 Å². The number of aromatic amines is 1. The summed E-state index contributed by atoms with van der Waals surface area (Å²) in [5.74, 6) is 0.921. The Morgan fingerprint density at radius 3 is 2.57 bits per heavy atom. The number of benzene rings is 2. The third kappa shape index (κ3) is 3.93. The highest BCUT2D eigenvalue weighted by molar-refractivity contribution is 5.99. The van der Waals surface area contributed by atoms with Crippen LogP contribution in [0.4, 0.5) is 5.69 Å². The second-order valence-electron chi connectivity index (χ2n) is 5.82. The summed E-state index contributed by atoms with van der Waals surface area (Å²) >= 11 is 0. The molecule has 0 spiro atoms. The van der Waals surface area contributed by atoms with Gasteiger partial charge in [0.2, 0.25) is 0 Å². The summed E-state index contributed by atoms with van der Waals surface area (Å²) in [4.78, 5) is 22.9. The molecule has 3 aromatic rings. The molecule has 0 fully saturated rings. The molecular formula is C19H18N4O5. The number of non-ortho nitro benzene ring substituents is 1. The first-order valence-corrected chi connectivity index (χ1v) is 8.30. The maximum atomic E-state index is 12.6. The van der Waals surface area contributed by atoms with E-state index in [0.717, 1.165) is 5.56 Å². The van der Waals surface area contributed by atoms with Crippen molar-refractivity contribution in [2.24, 2.45) is 0 Å². The number of nitrogens with zero attached hydrogens (tertiary/aromatic N) is 2. The normalized spacial score (nSPS) is 10.4. The minimum absolute atomic E-state index is 0.0270. The summed E-state index contributed by atoms with van der Waals surface area (Å²) in [5, 5.41) is 20.3. The average Bonchev–Trinajstić information content (AvgIpc) is 3.22.